The average Bonchev–Trinajstić information content (AvgIpc) is 2.40. The fourth-order valence-electron chi connectivity index (χ4n) is 1.69. The minimum Gasteiger partial charge on any atom is -0.281 e. The van der Waals surface area contributed by atoms with Crippen LogP contribution in [0.4, 0.5) is 0 Å². The second kappa shape index (κ2) is 6.75. The minimum atomic E-state index is 0.00395. The molecule has 1 N–H and O–H groups in total. The minimum absolute atomic E-state index is 0.00395. The quantitative estimate of drug-likeness (QED) is 0.289. The van der Waals surface area contributed by atoms with Gasteiger partial charge in [0, 0.05) is 12.0 Å². The number of rotatable bonds is 5. The lowest BCUT2D eigenvalue weighted by molar-refractivity contribution is 0.671. The molecule has 0 radical (unpaired) electrons. The number of benzene rings is 1. The van der Waals surface area contributed by atoms with Crippen LogP contribution in [0.3, 0.4) is 0 Å². The van der Waals surface area contributed by atoms with E-state index in [-0.39, 0.29) is 5.41 Å². The van der Waals surface area contributed by atoms with Gasteiger partial charge in [-0.1, -0.05) is 44.2 Å². The standard InChI is InChI=1S/C16H21N3/c1-5-16(3,4)15-8-6-14(7-9-15)10-11-18-13(2)19-12-17/h5-9H,1,10-11H2,2-4H3,(H,18,19). The van der Waals surface area contributed by atoms with Gasteiger partial charge in [-0.2, -0.15) is 5.26 Å². The maximum Gasteiger partial charge on any atom is 0.182 e. The summed E-state index contributed by atoms with van der Waals surface area (Å²) >= 11 is 0. The second-order valence-electron chi connectivity index (χ2n) is 5.08. The number of hydrogen-bond acceptors (Lipinski definition) is 2. The highest BCUT2D eigenvalue weighted by molar-refractivity contribution is 5.80. The number of nitriles is 1. The van der Waals surface area contributed by atoms with Crippen molar-refractivity contribution in [3.8, 4) is 6.19 Å². The van der Waals surface area contributed by atoms with E-state index in [1.165, 1.54) is 11.1 Å². The van der Waals surface area contributed by atoms with E-state index in [0.717, 1.165) is 6.42 Å². The van der Waals surface area contributed by atoms with Crippen molar-refractivity contribution >= 4 is 5.84 Å². The van der Waals surface area contributed by atoms with Gasteiger partial charge in [-0.15, -0.1) is 6.58 Å². The Kier molecular flexibility index (Phi) is 5.32. The molecule has 0 bridgehead atoms. The molecular weight excluding hydrogens is 234 g/mol. The topological polar surface area (TPSA) is 48.2 Å². The molecule has 0 spiro atoms. The van der Waals surface area contributed by atoms with Crippen molar-refractivity contribution in [1.29, 1.82) is 5.26 Å². The van der Waals surface area contributed by atoms with Crippen LogP contribution < -0.4 is 5.32 Å². The van der Waals surface area contributed by atoms with Crippen LogP contribution in [0.15, 0.2) is 41.9 Å². The highest BCUT2D eigenvalue weighted by Crippen LogP contribution is 2.24. The lowest BCUT2D eigenvalue weighted by Crippen LogP contribution is -2.14. The van der Waals surface area contributed by atoms with Gasteiger partial charge in [-0.3, -0.25) is 10.3 Å². The van der Waals surface area contributed by atoms with Crippen LogP contribution in [0.5, 0.6) is 0 Å². The summed E-state index contributed by atoms with van der Waals surface area (Å²) in [7, 11) is 0. The largest absolute Gasteiger partial charge is 0.281 e. The van der Waals surface area contributed by atoms with Crippen molar-refractivity contribution < 1.29 is 0 Å². The predicted octanol–water partition coefficient (Wildman–Crippen LogP) is 3.18. The van der Waals surface area contributed by atoms with Gasteiger partial charge in [0.2, 0.25) is 0 Å². The fraction of sp³-hybridized carbons (Fsp3) is 0.375. The molecule has 0 saturated carbocycles. The molecule has 0 saturated heterocycles. The van der Waals surface area contributed by atoms with E-state index in [9.17, 15) is 0 Å². The average molecular weight is 255 g/mol. The zero-order valence-corrected chi connectivity index (χ0v) is 11.9. The van der Waals surface area contributed by atoms with Gasteiger partial charge in [0.25, 0.3) is 0 Å². The van der Waals surface area contributed by atoms with Crippen molar-refractivity contribution in [3.05, 3.63) is 48.0 Å². The van der Waals surface area contributed by atoms with Crippen molar-refractivity contribution in [2.75, 3.05) is 6.54 Å². The smallest absolute Gasteiger partial charge is 0.182 e. The first-order valence-electron chi connectivity index (χ1n) is 6.39. The highest BCUT2D eigenvalue weighted by Gasteiger charge is 2.15. The summed E-state index contributed by atoms with van der Waals surface area (Å²) in [6, 6.07) is 8.54. The Morgan fingerprint density at radius 2 is 2.05 bits per heavy atom. The van der Waals surface area contributed by atoms with E-state index >= 15 is 0 Å². The van der Waals surface area contributed by atoms with Crippen molar-refractivity contribution in [1.82, 2.24) is 5.32 Å². The fourth-order valence-corrected chi connectivity index (χ4v) is 1.69. The summed E-state index contributed by atoms with van der Waals surface area (Å²) in [5.74, 6) is 0.659. The molecular formula is C16H21N3. The number of amidine groups is 1. The first-order chi connectivity index (χ1) is 8.99. The molecule has 0 atom stereocenters. The lowest BCUT2D eigenvalue weighted by Gasteiger charge is -2.20. The Bertz CT molecular complexity index is 490. The third-order valence-electron chi connectivity index (χ3n) is 3.19. The van der Waals surface area contributed by atoms with Gasteiger partial charge in [0.1, 0.15) is 5.84 Å². The van der Waals surface area contributed by atoms with E-state index < -0.39 is 0 Å². The van der Waals surface area contributed by atoms with Crippen LogP contribution in [0.25, 0.3) is 0 Å². The SMILES string of the molecule is C=CC(C)(C)c1ccc(CCN=C(C)NC#N)cc1. The molecule has 0 aliphatic rings. The second-order valence-corrected chi connectivity index (χ2v) is 5.08. The number of aliphatic imine (C=N–C) groups is 1. The first kappa shape index (κ1) is 15.0. The summed E-state index contributed by atoms with van der Waals surface area (Å²) in [6.07, 6.45) is 4.69. The normalized spacial score (nSPS) is 11.8. The number of nitrogens with zero attached hydrogens (tertiary/aromatic N) is 2. The molecule has 100 valence electrons. The van der Waals surface area contributed by atoms with E-state index in [0.29, 0.717) is 12.4 Å². The third-order valence-corrected chi connectivity index (χ3v) is 3.19. The Labute approximate surface area is 115 Å². The van der Waals surface area contributed by atoms with Gasteiger partial charge in [0.05, 0.1) is 0 Å². The van der Waals surface area contributed by atoms with Crippen LogP contribution in [-0.4, -0.2) is 12.4 Å². The van der Waals surface area contributed by atoms with Gasteiger partial charge in [0.15, 0.2) is 6.19 Å². The van der Waals surface area contributed by atoms with E-state index in [1.807, 2.05) is 12.3 Å². The maximum atomic E-state index is 8.43. The molecule has 0 fully saturated rings. The summed E-state index contributed by atoms with van der Waals surface area (Å²) in [5, 5.41) is 10.9. The Hall–Kier alpha value is -2.08. The van der Waals surface area contributed by atoms with E-state index in [4.69, 9.17) is 5.26 Å². The van der Waals surface area contributed by atoms with Gasteiger partial charge in [-0.25, -0.2) is 0 Å². The van der Waals surface area contributed by atoms with Crippen LogP contribution in [-0.2, 0) is 11.8 Å². The Morgan fingerprint density at radius 1 is 1.42 bits per heavy atom. The number of hydrogen-bond donors (Lipinski definition) is 1. The molecule has 0 aliphatic carbocycles. The summed E-state index contributed by atoms with van der Waals surface area (Å²) in [6.45, 7) is 10.6. The highest BCUT2D eigenvalue weighted by atomic mass is 15.0. The van der Waals surface area contributed by atoms with Crippen LogP contribution in [0.1, 0.15) is 31.9 Å². The van der Waals surface area contributed by atoms with Crippen molar-refractivity contribution in [2.24, 2.45) is 4.99 Å². The summed E-state index contributed by atoms with van der Waals surface area (Å²) in [4.78, 5) is 4.26. The molecule has 3 nitrogen and oxygen atoms in total. The summed E-state index contributed by atoms with van der Waals surface area (Å²) < 4.78 is 0. The molecule has 3 heteroatoms. The molecule has 1 aromatic rings. The maximum absolute atomic E-state index is 8.43. The number of allylic oxidation sites excluding steroid dienone is 1. The van der Waals surface area contributed by atoms with Gasteiger partial charge >= 0.3 is 0 Å². The van der Waals surface area contributed by atoms with Crippen LogP contribution in [0, 0.1) is 11.5 Å². The Balaban J connectivity index is 2.61. The molecule has 0 aromatic heterocycles. The molecule has 19 heavy (non-hydrogen) atoms. The zero-order valence-electron chi connectivity index (χ0n) is 11.9. The predicted molar refractivity (Wildman–Crippen MR) is 80.1 cm³/mol. The molecule has 0 amide bonds. The zero-order chi connectivity index (χ0) is 14.3. The van der Waals surface area contributed by atoms with Crippen LogP contribution >= 0.6 is 0 Å². The molecule has 0 unspecified atom stereocenters. The molecule has 0 heterocycles. The van der Waals surface area contributed by atoms with Gasteiger partial charge < -0.3 is 0 Å². The Morgan fingerprint density at radius 3 is 2.58 bits per heavy atom. The molecule has 1 rings (SSSR count). The van der Waals surface area contributed by atoms with Gasteiger partial charge in [-0.05, 0) is 24.5 Å². The third kappa shape index (κ3) is 4.59. The monoisotopic (exact) mass is 255 g/mol. The lowest BCUT2D eigenvalue weighted by atomic mass is 9.84. The number of nitrogens with one attached hydrogen (secondary N) is 1. The van der Waals surface area contributed by atoms with E-state index in [1.54, 1.807) is 6.92 Å². The molecule has 1 aromatic carbocycles. The van der Waals surface area contributed by atoms with Crippen molar-refractivity contribution in [3.63, 3.8) is 0 Å². The first-order valence-corrected chi connectivity index (χ1v) is 6.39. The van der Waals surface area contributed by atoms with Crippen molar-refractivity contribution in [2.45, 2.75) is 32.6 Å². The van der Waals surface area contributed by atoms with Crippen LogP contribution in [0.2, 0.25) is 0 Å². The molecule has 0 aliphatic heterocycles. The summed E-state index contributed by atoms with van der Waals surface area (Å²) in [5.41, 5.74) is 2.51. The van der Waals surface area contributed by atoms with E-state index in [2.05, 4.69) is 55.0 Å².